The van der Waals surface area contributed by atoms with Crippen LogP contribution in [0.15, 0.2) is 160 Å². The molecule has 3 aromatic heterocycles. The van der Waals surface area contributed by atoms with Crippen LogP contribution in [0.3, 0.4) is 0 Å². The quantitative estimate of drug-likeness (QED) is 0.162. The highest BCUT2D eigenvalue weighted by Crippen LogP contribution is 2.56. The van der Waals surface area contributed by atoms with Gasteiger partial charge in [0.1, 0.15) is 16.7 Å². The largest absolute Gasteiger partial charge is 0.468 e. The van der Waals surface area contributed by atoms with Crippen molar-refractivity contribution >= 4 is 112 Å². The number of hydrogen-bond donors (Lipinski definition) is 0. The summed E-state index contributed by atoms with van der Waals surface area (Å²) in [4.78, 5) is 2.58. The fourth-order valence-corrected chi connectivity index (χ4v) is 9.85. The third-order valence-corrected chi connectivity index (χ3v) is 13.1. The predicted octanol–water partition coefficient (Wildman–Crippen LogP) is 15.4. The van der Waals surface area contributed by atoms with Crippen molar-refractivity contribution in [3.8, 4) is 16.8 Å². The van der Waals surface area contributed by atoms with Crippen LogP contribution in [0.4, 0.5) is 34.1 Å². The van der Waals surface area contributed by atoms with Gasteiger partial charge < -0.3 is 23.2 Å². The van der Waals surface area contributed by atoms with Gasteiger partial charge >= 0.3 is 0 Å². The molecule has 330 valence electrons. The van der Waals surface area contributed by atoms with E-state index in [-0.39, 0.29) is 102 Å². The predicted molar refractivity (Wildman–Crippen MR) is 287 cm³/mol. The first-order valence-electron chi connectivity index (χ1n) is 34.7. The molecule has 6 heteroatoms. The molecular weight excluding hydrogens is 830 g/mol. The average Bonchev–Trinajstić information content (AvgIpc) is 1.64. The third-order valence-electron chi connectivity index (χ3n) is 13.1. The van der Waals surface area contributed by atoms with E-state index in [1.807, 2.05) is 0 Å². The maximum absolute atomic E-state index is 10.8. The first-order chi connectivity index (χ1) is 43.1. The summed E-state index contributed by atoms with van der Waals surface area (Å²) in [6.45, 7) is 13.9. The lowest BCUT2D eigenvalue weighted by molar-refractivity contribution is 0.590. The zero-order valence-electron chi connectivity index (χ0n) is 63.2. The molecule has 0 aliphatic carbocycles. The van der Waals surface area contributed by atoms with Crippen molar-refractivity contribution in [3.05, 3.63) is 168 Å². The third kappa shape index (κ3) is 5.29. The Hall–Kier alpha value is -7.44. The monoisotopic (exact) mass is 907 g/mol. The van der Waals surface area contributed by atoms with Gasteiger partial charge in [0.05, 0.1) is 84.8 Å². The van der Waals surface area contributed by atoms with Crippen LogP contribution in [0.1, 0.15) is 113 Å². The number of aromatic nitrogens is 1. The number of rotatable bonds is 2. The van der Waals surface area contributed by atoms with Gasteiger partial charge in [-0.15, -0.1) is 0 Å². The fraction of sp³-hybridized carbons (Fsp3) is 0.194. The van der Waals surface area contributed by atoms with Gasteiger partial charge in [0.15, 0.2) is 0 Å². The lowest BCUT2D eigenvalue weighted by Crippen LogP contribution is -2.61. The molecule has 0 bridgehead atoms. The molecule has 5 nitrogen and oxygen atoms in total. The zero-order valence-corrected chi connectivity index (χ0v) is 38.2. The molecule has 3 aliphatic heterocycles. The minimum absolute atomic E-state index is 0.00827. The van der Waals surface area contributed by atoms with Gasteiger partial charge in [0.25, 0.3) is 6.71 Å². The molecular formula is C62H52BN3O2. The first kappa shape index (κ1) is 22.1. The minimum Gasteiger partial charge on any atom is -0.468 e. The second-order valence-corrected chi connectivity index (χ2v) is 20.6. The van der Waals surface area contributed by atoms with Gasteiger partial charge in [-0.25, -0.2) is 0 Å². The van der Waals surface area contributed by atoms with E-state index in [9.17, 15) is 23.3 Å². The molecule has 68 heavy (non-hydrogen) atoms. The van der Waals surface area contributed by atoms with Crippen LogP contribution in [0.5, 0.6) is 0 Å². The Balaban J connectivity index is 1.31. The maximum atomic E-state index is 10.8. The SMILES string of the molecule is [2H]c1c([2H])c([2H])c(-c2c([2H])c([2H])c3oc4c(c3c2[2H])N(c2c([2H])c([2H])c([2H])c3oc5c([2H])c([2H])c([2H])c([2H])c5c23)c2c([2H])c(C(C)(C)C)c([2H])c3c2B4c2c([2H])c([2H])c([2H])c4c2N3c2c([2H])c(C(C)(C)C)c([2H])c3c5c([2H])c(C(C)(C)C)c([2H])c([2H])c5n-4c23)c([2H])c1[2H]. The van der Waals surface area contributed by atoms with Gasteiger partial charge in [0, 0.05) is 32.9 Å². The molecule has 0 atom stereocenters. The number of furan rings is 2. The van der Waals surface area contributed by atoms with Crippen LogP contribution in [0, 0.1) is 0 Å². The van der Waals surface area contributed by atoms with Crippen LogP contribution in [-0.4, -0.2) is 11.3 Å². The molecule has 0 unspecified atom stereocenters. The summed E-state index contributed by atoms with van der Waals surface area (Å²) in [6.07, 6.45) is 0. The molecule has 11 aromatic rings. The summed E-state index contributed by atoms with van der Waals surface area (Å²) in [7, 11) is 0. The smallest absolute Gasteiger partial charge is 0.297 e. The van der Waals surface area contributed by atoms with E-state index in [1.54, 1.807) is 62.3 Å². The van der Waals surface area contributed by atoms with Crippen molar-refractivity contribution in [1.82, 2.24) is 4.57 Å². The van der Waals surface area contributed by atoms with Crippen LogP contribution in [0.25, 0.3) is 71.5 Å². The Morgan fingerprint density at radius 1 is 0.441 bits per heavy atom. The Kier molecular flexibility index (Phi) is 4.28. The Morgan fingerprint density at radius 2 is 1.07 bits per heavy atom. The lowest BCUT2D eigenvalue weighted by atomic mass is 9.35. The van der Waals surface area contributed by atoms with Gasteiger partial charge in [0.2, 0.25) is 0 Å². The molecule has 0 spiro atoms. The van der Waals surface area contributed by atoms with Crippen LogP contribution >= 0.6 is 0 Å². The number of anilines is 6. The molecule has 0 radical (unpaired) electrons. The average molecular weight is 907 g/mol. The molecule has 0 saturated carbocycles. The van der Waals surface area contributed by atoms with Gasteiger partial charge in [-0.05, 0) is 127 Å². The van der Waals surface area contributed by atoms with Crippen molar-refractivity contribution in [2.75, 3.05) is 9.80 Å². The molecule has 0 amide bonds. The molecule has 8 aromatic carbocycles. The molecule has 0 fully saturated rings. The van der Waals surface area contributed by atoms with Crippen LogP contribution < -0.4 is 26.4 Å². The molecule has 6 heterocycles. The minimum atomic E-state index is -1.80. The number of hydrogen-bond acceptors (Lipinski definition) is 4. The summed E-state index contributed by atoms with van der Waals surface area (Å²) >= 11 is 0. The second kappa shape index (κ2) is 13.2. The number of para-hydroxylation sites is 2. The standard InChI is InChI=1S/C62H52BN3O2/c1-60(2,3)37-26-27-45-41(30-37)42-31-38(61(4,5)6)34-50-56(42)64(45)47-22-15-20-44-58(47)66(50)49-33-39(62(7,8)9)32-48-55(49)63(44)59-57(43-29-36(25-28-52(43)68-59)35-17-11-10-12-18-35)65(48)46-21-16-24-53-54(46)40-19-13-14-23-51(40)67-53/h10-34H,1-9H3/i10D,11D,12D,13D,14D,15D,16D,17D,18D,19D,20D,21D,22D,23D,24D,25D,26D,27D,28D,29D,30D,31D,32D,33D,34D. The van der Waals surface area contributed by atoms with E-state index in [4.69, 9.17) is 19.8 Å². The van der Waals surface area contributed by atoms with E-state index in [2.05, 4.69) is 0 Å². The summed E-state index contributed by atoms with van der Waals surface area (Å²) in [6, 6.07) is -17.1. The topological polar surface area (TPSA) is 37.7 Å². The normalized spacial score (nSPS) is 19.3. The van der Waals surface area contributed by atoms with Crippen molar-refractivity contribution in [1.29, 1.82) is 0 Å². The summed E-state index contributed by atoms with van der Waals surface area (Å²) < 4.78 is 256. The molecule has 0 saturated heterocycles. The molecule has 14 rings (SSSR count). The van der Waals surface area contributed by atoms with Gasteiger partial charge in [-0.2, -0.15) is 0 Å². The van der Waals surface area contributed by atoms with E-state index < -0.39 is 211 Å². The highest BCUT2D eigenvalue weighted by molar-refractivity contribution is 7.00. The second-order valence-electron chi connectivity index (χ2n) is 20.6. The Morgan fingerprint density at radius 3 is 1.84 bits per heavy atom. The number of benzene rings is 8. The summed E-state index contributed by atoms with van der Waals surface area (Å²) in [5.74, 6) is 0. The van der Waals surface area contributed by atoms with E-state index in [0.717, 1.165) is 4.90 Å². The van der Waals surface area contributed by atoms with E-state index >= 15 is 0 Å². The first-order valence-corrected chi connectivity index (χ1v) is 22.2. The van der Waals surface area contributed by atoms with Crippen molar-refractivity contribution in [3.63, 3.8) is 0 Å². The van der Waals surface area contributed by atoms with Crippen LogP contribution in [-0.2, 0) is 16.2 Å². The van der Waals surface area contributed by atoms with Crippen molar-refractivity contribution in [2.45, 2.75) is 78.6 Å². The number of nitrogens with zero attached hydrogens (tertiary/aromatic N) is 3. The lowest BCUT2D eigenvalue weighted by Gasteiger charge is -2.45. The Bertz CT molecular complexity index is 5460. The van der Waals surface area contributed by atoms with E-state index in [0.29, 0.717) is 0 Å². The van der Waals surface area contributed by atoms with Gasteiger partial charge in [-0.3, -0.25) is 0 Å². The highest BCUT2D eigenvalue weighted by Gasteiger charge is 2.50. The highest BCUT2D eigenvalue weighted by atomic mass is 16.3. The summed E-state index contributed by atoms with van der Waals surface area (Å²) in [5.41, 5.74) is -9.60. The van der Waals surface area contributed by atoms with Gasteiger partial charge in [-0.1, -0.05) is 141 Å². The maximum Gasteiger partial charge on any atom is 0.297 e. The number of fused-ring (bicyclic) bond motifs is 14. The molecule has 0 N–H and O–H groups in total. The van der Waals surface area contributed by atoms with E-state index in [1.165, 1.54) is 9.47 Å². The van der Waals surface area contributed by atoms with Crippen LogP contribution in [0.2, 0.25) is 0 Å². The zero-order chi connectivity index (χ0) is 68.1. The van der Waals surface area contributed by atoms with Crippen molar-refractivity contribution in [2.24, 2.45) is 0 Å². The Labute approximate surface area is 432 Å². The van der Waals surface area contributed by atoms with Crippen molar-refractivity contribution < 1.29 is 43.1 Å². The fourth-order valence-electron chi connectivity index (χ4n) is 9.85. The summed E-state index contributed by atoms with van der Waals surface area (Å²) in [5, 5.41) is -1.36. The molecule has 3 aliphatic rings.